The number of carboxylic acids is 1. The first kappa shape index (κ1) is 104. The normalized spacial score (nSPS) is 12.8. The zero-order valence-electron chi connectivity index (χ0n) is 72.5. The third-order valence-corrected chi connectivity index (χ3v) is 19.5. The van der Waals surface area contributed by atoms with Crippen LogP contribution >= 0.6 is 12.2 Å². The van der Waals surface area contributed by atoms with Gasteiger partial charge in [-0.1, -0.05) is 24.3 Å². The molecule has 42 nitrogen and oxygen atoms in total. The predicted molar refractivity (Wildman–Crippen MR) is 474 cm³/mol. The van der Waals surface area contributed by atoms with Crippen LogP contribution in [0.1, 0.15) is 81.5 Å². The minimum Gasteiger partial charge on any atom is -0.508 e. The number of hydrogen-bond donors (Lipinski definition) is 17. The number of amides is 5. The number of hydrogen-bond acceptors (Lipinski definition) is 30. The van der Waals surface area contributed by atoms with Crippen molar-refractivity contribution >= 4 is 93.3 Å². The Morgan fingerprint density at radius 1 is 0.469 bits per heavy atom. The molecule has 43 heteroatoms. The number of carbonyl (C=O) groups is 8. The Morgan fingerprint density at radius 2 is 0.915 bits per heavy atom. The molecule has 6 aromatic rings. The van der Waals surface area contributed by atoms with Crippen molar-refractivity contribution in [1.29, 1.82) is 10.8 Å². The minimum atomic E-state index is -1.36. The zero-order valence-corrected chi connectivity index (χ0v) is 73.3. The van der Waals surface area contributed by atoms with Gasteiger partial charge in [0.25, 0.3) is 5.91 Å². The van der Waals surface area contributed by atoms with Gasteiger partial charge in [0, 0.05) is 96.2 Å². The lowest BCUT2D eigenvalue weighted by Crippen LogP contribution is -2.55. The van der Waals surface area contributed by atoms with Gasteiger partial charge in [0.05, 0.1) is 204 Å². The first-order valence-electron chi connectivity index (χ1n) is 42.7. The molecule has 130 heavy (non-hydrogen) atoms. The van der Waals surface area contributed by atoms with Crippen LogP contribution in [-0.2, 0) is 112 Å². The first-order chi connectivity index (χ1) is 63.2. The number of carbonyl (C=O) groups excluding carboxylic acids is 7. The fourth-order valence-electron chi connectivity index (χ4n) is 12.9. The number of nitrogens with two attached hydrogens (primary N) is 2. The third-order valence-electron chi connectivity index (χ3n) is 19.2. The second kappa shape index (κ2) is 59.6. The van der Waals surface area contributed by atoms with E-state index in [0.717, 1.165) is 10.9 Å². The number of phenols is 2. The number of para-hydroxylation sites is 1. The third kappa shape index (κ3) is 38.3. The Morgan fingerprint density at radius 3 is 1.41 bits per heavy atom. The second-order valence-electron chi connectivity index (χ2n) is 28.9. The molecular weight excluding hydrogens is 1720 g/mol. The van der Waals surface area contributed by atoms with Crippen molar-refractivity contribution in [2.75, 3.05) is 223 Å². The molecule has 712 valence electrons. The number of aromatic nitrogens is 1. The Hall–Kier alpha value is -11.5. The van der Waals surface area contributed by atoms with Gasteiger partial charge >= 0.3 is 17.9 Å². The van der Waals surface area contributed by atoms with E-state index in [0.29, 0.717) is 207 Å². The summed E-state index contributed by atoms with van der Waals surface area (Å²) in [6.07, 6.45) is 2.17. The fraction of sp³-hybridized carbons (Fsp3) is 0.506. The van der Waals surface area contributed by atoms with Crippen LogP contribution < -0.4 is 68.8 Å². The van der Waals surface area contributed by atoms with Gasteiger partial charge in [0.15, 0.2) is 22.6 Å². The number of nitrogens with one attached hydrogen (secondary N) is 12. The molecule has 1 aromatic heterocycles. The van der Waals surface area contributed by atoms with E-state index in [9.17, 15) is 53.7 Å². The Labute approximate surface area is 757 Å². The largest absolute Gasteiger partial charge is 0.508 e. The molecule has 8 rings (SSSR count). The molecule has 5 aromatic carbocycles. The molecular formula is C87H120N14O28S. The lowest BCUT2D eigenvalue weighted by Gasteiger charge is -2.36. The summed E-state index contributed by atoms with van der Waals surface area (Å²) >= 11 is 5.49. The number of carboxylic acid groups (broad SMARTS) is 1. The Kier molecular flexibility index (Phi) is 47.6. The van der Waals surface area contributed by atoms with E-state index >= 15 is 0 Å². The molecule has 5 amide bonds. The van der Waals surface area contributed by atoms with Crippen molar-refractivity contribution in [1.82, 2.24) is 47.5 Å². The molecule has 19 N–H and O–H groups in total. The number of benzene rings is 5. The second-order valence-corrected chi connectivity index (χ2v) is 29.3. The van der Waals surface area contributed by atoms with Gasteiger partial charge in [-0.15, -0.1) is 0 Å². The fourth-order valence-corrected chi connectivity index (χ4v) is 13.2. The van der Waals surface area contributed by atoms with Crippen molar-refractivity contribution in [3.63, 3.8) is 0 Å². The van der Waals surface area contributed by atoms with Gasteiger partial charge in [-0.25, -0.2) is 9.59 Å². The quantitative estimate of drug-likeness (QED) is 0.00650. The summed E-state index contributed by atoms with van der Waals surface area (Å²) in [6, 6.07) is 24.2. The molecule has 2 aliphatic rings. The minimum absolute atomic E-state index is 0.00122. The maximum absolute atomic E-state index is 13.8. The van der Waals surface area contributed by atoms with E-state index in [2.05, 4.69) is 52.8 Å². The number of esters is 2. The average molecular weight is 1840 g/mol. The van der Waals surface area contributed by atoms with Crippen LogP contribution in [0.25, 0.3) is 10.9 Å². The van der Waals surface area contributed by atoms with E-state index in [4.69, 9.17) is 115 Å². The zero-order chi connectivity index (χ0) is 92.8. The summed E-state index contributed by atoms with van der Waals surface area (Å²) in [4.78, 5) is 107. The highest BCUT2D eigenvalue weighted by molar-refractivity contribution is 7.80. The van der Waals surface area contributed by atoms with Crippen molar-refractivity contribution < 1.29 is 134 Å². The van der Waals surface area contributed by atoms with E-state index in [1.165, 1.54) is 36.4 Å². The average Bonchev–Trinajstić information content (AvgIpc) is 1.10. The summed E-state index contributed by atoms with van der Waals surface area (Å²) in [5.74, 6) is -5.20. The van der Waals surface area contributed by atoms with E-state index < -0.39 is 71.8 Å². The van der Waals surface area contributed by atoms with Gasteiger partial charge in [-0.05, 0) is 110 Å². The number of aliphatic carboxylic acids is 1. The molecule has 0 fully saturated rings. The molecule has 3 heterocycles. The van der Waals surface area contributed by atoms with Crippen molar-refractivity contribution in [3.05, 3.63) is 143 Å². The van der Waals surface area contributed by atoms with Gasteiger partial charge in [0.1, 0.15) is 46.9 Å². The van der Waals surface area contributed by atoms with Crippen molar-refractivity contribution in [2.45, 2.75) is 68.7 Å². The number of fused-ring (bicyclic) bond motifs is 7. The smallest absolute Gasteiger partial charge is 0.340 e. The molecule has 3 atom stereocenters. The number of ether oxygens (including phenoxy) is 17. The molecule has 0 bridgehead atoms. The molecule has 0 aliphatic carbocycles. The van der Waals surface area contributed by atoms with E-state index in [1.54, 1.807) is 48.7 Å². The highest BCUT2D eigenvalue weighted by atomic mass is 32.1. The summed E-state index contributed by atoms with van der Waals surface area (Å²) in [5, 5.41) is 70.8. The van der Waals surface area contributed by atoms with Crippen LogP contribution in [0.2, 0.25) is 0 Å². The molecule has 0 saturated heterocycles. The number of thiocarbonyl (C=S) groups is 1. The Bertz CT molecular complexity index is 4480. The lowest BCUT2D eigenvalue weighted by molar-refractivity contribution is -0.141. The maximum atomic E-state index is 13.8. The van der Waals surface area contributed by atoms with Crippen LogP contribution in [0.5, 0.6) is 28.7 Å². The molecule has 1 unspecified atom stereocenters. The van der Waals surface area contributed by atoms with Gasteiger partial charge < -0.3 is 160 Å². The van der Waals surface area contributed by atoms with Crippen LogP contribution in [0.15, 0.2) is 109 Å². The van der Waals surface area contributed by atoms with Crippen molar-refractivity contribution in [3.8, 4) is 28.7 Å². The number of aromatic hydroxyl groups is 2. The molecule has 2 aliphatic heterocycles. The topological polar surface area (TPSA) is 578 Å². The summed E-state index contributed by atoms with van der Waals surface area (Å²) in [6.45, 7) is 9.39. The summed E-state index contributed by atoms with van der Waals surface area (Å²) in [7, 11) is 0. The highest BCUT2D eigenvalue weighted by Gasteiger charge is 2.54. The predicted octanol–water partition coefficient (Wildman–Crippen LogP) is 2.21. The number of anilines is 1. The van der Waals surface area contributed by atoms with Crippen LogP contribution in [0, 0.1) is 10.8 Å². The van der Waals surface area contributed by atoms with Crippen LogP contribution in [0.3, 0.4) is 0 Å². The lowest BCUT2D eigenvalue weighted by atomic mass is 9.77. The summed E-state index contributed by atoms with van der Waals surface area (Å²) in [5.41, 5.74) is 13.8. The molecule has 0 radical (unpaired) electrons. The number of guanidine groups is 2. The van der Waals surface area contributed by atoms with Crippen LogP contribution in [0.4, 0.5) is 5.69 Å². The molecule has 0 saturated carbocycles. The van der Waals surface area contributed by atoms with E-state index in [1.807, 2.05) is 24.3 Å². The molecule has 1 spiro atoms. The summed E-state index contributed by atoms with van der Waals surface area (Å²) < 4.78 is 95.3. The van der Waals surface area contributed by atoms with E-state index in [-0.39, 0.29) is 140 Å². The SMILES string of the molecule is N=C(N)NCCCC(NC(=O)[C@H](CCCNC(=N)N)NC(=O)CCOCCOCCOCCOCCOCCOCCOCCOCCNC(=O)c1ccc(OC(=O)CCOCCOCCOCCOCCOCCOCCNC(=S)Nc2ccc3c(c2)C(=O)OC32c3ccc(O)cc3Oc3cc(O)ccc32)cc1)C(=O)NCC(=O)N[C@@H](Cc1c[nH]c2ccccc12)C(=O)O. The Balaban J connectivity index is 0.519. The highest BCUT2D eigenvalue weighted by Crippen LogP contribution is 2.57. The van der Waals surface area contributed by atoms with Gasteiger partial charge in [0.2, 0.25) is 23.6 Å². The number of phenolic OH excluding ortho intramolecular Hbond substituents is 2. The van der Waals surface area contributed by atoms with Gasteiger partial charge in [-0.2, -0.15) is 0 Å². The number of rotatable bonds is 69. The maximum Gasteiger partial charge on any atom is 0.340 e. The first-order valence-corrected chi connectivity index (χ1v) is 43.1. The van der Waals surface area contributed by atoms with Gasteiger partial charge in [-0.3, -0.25) is 39.6 Å². The number of H-pyrrole nitrogens is 1. The van der Waals surface area contributed by atoms with Crippen LogP contribution in [-0.4, -0.2) is 321 Å². The number of aromatic amines is 1. The standard InChI is InChI=1S/C87H120N14O28S/c88-84(89)93-21-3-7-71(80(108)97-58-77(105)100-73(82(110)111)53-60-57-96-70-6-2-1-5-65(60)70)101-81(109)72(8-4-22-94-85(90)91)99-76(104)19-25-113-29-33-117-37-41-121-46-49-125-51-52-126-50-48-123-43-39-119-35-31-115-27-23-92-79(107)59-9-14-64(15-10-59)127-78(106)20-26-114-30-34-118-38-42-122-45-47-124-44-40-120-36-32-116-28-24-95-86(130)98-61-11-16-67-66(54-61)83(112)129-87(67)68-17-12-62(102)55-74(68)128-75-56-63(103)13-18-69(75)87/h1-2,5-6,9-18,54-57,71-73,96,102-103H,3-4,7-8,19-53,58H2,(H,92,107)(H,97,108)(H,99,104)(H,100,105)(H,101,109)(H,110,111)(H4,88,89,93)(H4,90,91,94)(H2,95,98,130)/t71?,72-,73-/m0/s1. The van der Waals surface area contributed by atoms with Crippen molar-refractivity contribution in [2.24, 2.45) is 11.5 Å². The monoisotopic (exact) mass is 1840 g/mol.